The highest BCUT2D eigenvalue weighted by atomic mass is 32.2. The van der Waals surface area contributed by atoms with Crippen molar-refractivity contribution in [2.45, 2.75) is 17.4 Å². The largest absolute Gasteiger partial charge is 0.426 e. The molecule has 2 aliphatic heterocycles. The van der Waals surface area contributed by atoms with Crippen molar-refractivity contribution in [3.63, 3.8) is 0 Å². The number of anilines is 1. The third-order valence-corrected chi connectivity index (χ3v) is 7.72. The Hall–Kier alpha value is -2.91. The summed E-state index contributed by atoms with van der Waals surface area (Å²) in [5, 5.41) is 3.46. The molecular weight excluding hydrogens is 427 g/mol. The number of nitrogens with one attached hydrogen (secondary N) is 2. The lowest BCUT2D eigenvalue weighted by Crippen LogP contribution is -2.49. The molecule has 0 aliphatic carbocycles. The number of hydrogen-bond donors (Lipinski definition) is 2. The molecule has 9 heteroatoms. The predicted molar refractivity (Wildman–Crippen MR) is 112 cm³/mol. The Balaban J connectivity index is 1.56. The highest BCUT2D eigenvalue weighted by Gasteiger charge is 2.57. The first-order valence-electron chi connectivity index (χ1n) is 9.19. The zero-order valence-corrected chi connectivity index (χ0v) is 17.1. The topological polar surface area (TPSA) is 88.3 Å². The van der Waals surface area contributed by atoms with Crippen molar-refractivity contribution in [3.8, 4) is 5.75 Å². The second-order valence-corrected chi connectivity index (χ2v) is 9.25. The number of amides is 1. The second kappa shape index (κ2) is 7.10. The predicted octanol–water partition coefficient (Wildman–Crippen LogP) is 3.75. The van der Waals surface area contributed by atoms with E-state index in [2.05, 4.69) is 10.3 Å². The number of hydrogen-bond acceptors (Lipinski definition) is 6. The Bertz CT molecular complexity index is 1220. The standard InChI is InChI=1S/C21H15FN2O4S2/c22-11-5-7-12(8-6-11)23-15(25)9-21-10-29-18-17(30-20(27)24-18)16(21)13-3-1-2-4-14(13)28-19(21)26/h1-8,16H,9-10H2,(H,23,25)(H,24,27)/t16-,21-/m1/s1. The molecule has 1 amide bonds. The van der Waals surface area contributed by atoms with Gasteiger partial charge in [0.2, 0.25) is 5.91 Å². The van der Waals surface area contributed by atoms with Crippen LogP contribution in [0, 0.1) is 11.2 Å². The number of esters is 1. The average molecular weight is 442 g/mol. The molecule has 0 saturated heterocycles. The molecule has 0 radical (unpaired) electrons. The maximum Gasteiger partial charge on any atom is 0.319 e. The Morgan fingerprint density at radius 2 is 1.97 bits per heavy atom. The van der Waals surface area contributed by atoms with Gasteiger partial charge in [-0.25, -0.2) is 4.39 Å². The first kappa shape index (κ1) is 19.1. The molecule has 0 fully saturated rings. The van der Waals surface area contributed by atoms with Gasteiger partial charge in [-0.1, -0.05) is 29.5 Å². The van der Waals surface area contributed by atoms with E-state index >= 15 is 0 Å². The number of thioether (sulfide) groups is 1. The van der Waals surface area contributed by atoms with Gasteiger partial charge in [0.1, 0.15) is 11.6 Å². The number of carbonyl (C=O) groups excluding carboxylic acids is 2. The van der Waals surface area contributed by atoms with Crippen LogP contribution in [0.2, 0.25) is 0 Å². The normalized spacial score (nSPS) is 21.8. The lowest BCUT2D eigenvalue weighted by Gasteiger charge is -2.44. The number of H-pyrrole nitrogens is 1. The van der Waals surface area contributed by atoms with E-state index in [-0.39, 0.29) is 17.2 Å². The van der Waals surface area contributed by atoms with E-state index in [1.54, 1.807) is 12.1 Å². The quantitative estimate of drug-likeness (QED) is 0.477. The van der Waals surface area contributed by atoms with Crippen LogP contribution in [0.15, 0.2) is 58.4 Å². The molecule has 0 spiro atoms. The van der Waals surface area contributed by atoms with Gasteiger partial charge in [-0.2, -0.15) is 0 Å². The van der Waals surface area contributed by atoms with Crippen LogP contribution >= 0.6 is 23.1 Å². The maximum atomic E-state index is 13.2. The number of aromatic amines is 1. The average Bonchev–Trinajstić information content (AvgIpc) is 3.10. The summed E-state index contributed by atoms with van der Waals surface area (Å²) in [5.41, 5.74) is 0.0687. The summed E-state index contributed by atoms with van der Waals surface area (Å²) in [5.74, 6) is -0.997. The minimum Gasteiger partial charge on any atom is -0.426 e. The molecule has 2 atom stereocenters. The van der Waals surface area contributed by atoms with Gasteiger partial charge in [0.15, 0.2) is 0 Å². The zero-order chi connectivity index (χ0) is 20.9. The minimum atomic E-state index is -1.15. The molecule has 3 heterocycles. The maximum absolute atomic E-state index is 13.2. The molecule has 152 valence electrons. The summed E-state index contributed by atoms with van der Waals surface area (Å²) in [6.45, 7) is 0. The van der Waals surface area contributed by atoms with E-state index in [0.29, 0.717) is 17.2 Å². The first-order chi connectivity index (χ1) is 14.5. The molecule has 0 bridgehead atoms. The van der Waals surface area contributed by atoms with Crippen molar-refractivity contribution in [2.75, 3.05) is 11.1 Å². The number of ether oxygens (including phenoxy) is 1. The van der Waals surface area contributed by atoms with Crippen LogP contribution in [0.25, 0.3) is 0 Å². The van der Waals surface area contributed by atoms with Gasteiger partial charge >= 0.3 is 10.8 Å². The van der Waals surface area contributed by atoms with E-state index in [9.17, 15) is 18.8 Å². The summed E-state index contributed by atoms with van der Waals surface area (Å²) in [6, 6.07) is 12.6. The Kier molecular flexibility index (Phi) is 4.52. The molecule has 6 nitrogen and oxygen atoms in total. The van der Waals surface area contributed by atoms with E-state index in [1.165, 1.54) is 36.0 Å². The van der Waals surface area contributed by atoms with Gasteiger partial charge in [-0.15, -0.1) is 11.8 Å². The van der Waals surface area contributed by atoms with Crippen LogP contribution in [0.4, 0.5) is 10.1 Å². The van der Waals surface area contributed by atoms with E-state index in [4.69, 9.17) is 4.74 Å². The van der Waals surface area contributed by atoms with Crippen molar-refractivity contribution >= 4 is 40.7 Å². The highest BCUT2D eigenvalue weighted by molar-refractivity contribution is 7.99. The molecule has 30 heavy (non-hydrogen) atoms. The number of fused-ring (bicyclic) bond motifs is 5. The number of thiazole rings is 1. The zero-order valence-electron chi connectivity index (χ0n) is 15.4. The fourth-order valence-corrected chi connectivity index (χ4v) is 6.58. The van der Waals surface area contributed by atoms with Gasteiger partial charge in [-0.3, -0.25) is 14.4 Å². The fraction of sp³-hybridized carbons (Fsp3) is 0.190. The summed E-state index contributed by atoms with van der Waals surface area (Å²) >= 11 is 2.41. The van der Waals surface area contributed by atoms with E-state index < -0.39 is 23.1 Å². The van der Waals surface area contributed by atoms with Crippen LogP contribution < -0.4 is 14.9 Å². The molecule has 2 N–H and O–H groups in total. The molecular formula is C21H15FN2O4S2. The summed E-state index contributed by atoms with van der Waals surface area (Å²) in [4.78, 5) is 41.5. The molecule has 5 rings (SSSR count). The van der Waals surface area contributed by atoms with Crippen LogP contribution in [0.3, 0.4) is 0 Å². The smallest absolute Gasteiger partial charge is 0.319 e. The first-order valence-corrected chi connectivity index (χ1v) is 11.0. The number of para-hydroxylation sites is 1. The van der Waals surface area contributed by atoms with Gasteiger partial charge in [0.05, 0.1) is 10.4 Å². The molecule has 2 aliphatic rings. The molecule has 0 unspecified atom stereocenters. The molecule has 0 saturated carbocycles. The van der Waals surface area contributed by atoms with Crippen LogP contribution in [0.5, 0.6) is 5.75 Å². The summed E-state index contributed by atoms with van der Waals surface area (Å²) < 4.78 is 18.8. The van der Waals surface area contributed by atoms with Gasteiger partial charge in [-0.05, 0) is 30.3 Å². The van der Waals surface area contributed by atoms with Crippen LogP contribution in [-0.4, -0.2) is 22.6 Å². The van der Waals surface area contributed by atoms with E-state index in [0.717, 1.165) is 26.8 Å². The molecule has 3 aromatic rings. The van der Waals surface area contributed by atoms with Crippen molar-refractivity contribution in [1.29, 1.82) is 0 Å². The fourth-order valence-electron chi connectivity index (χ4n) is 4.04. The lowest BCUT2D eigenvalue weighted by molar-refractivity contribution is -0.149. The van der Waals surface area contributed by atoms with Crippen molar-refractivity contribution in [1.82, 2.24) is 4.98 Å². The number of halogens is 1. The third kappa shape index (κ3) is 3.05. The lowest BCUT2D eigenvalue weighted by atomic mass is 9.68. The Labute approximate surface area is 178 Å². The molecule has 2 aromatic carbocycles. The third-order valence-electron chi connectivity index (χ3n) is 5.37. The monoisotopic (exact) mass is 442 g/mol. The van der Waals surface area contributed by atoms with Crippen LogP contribution in [0.1, 0.15) is 22.8 Å². The van der Waals surface area contributed by atoms with Gasteiger partial charge in [0, 0.05) is 34.2 Å². The van der Waals surface area contributed by atoms with Crippen molar-refractivity contribution < 1.29 is 18.7 Å². The second-order valence-electron chi connectivity index (χ2n) is 7.24. The number of carbonyl (C=O) groups is 2. The Morgan fingerprint density at radius 3 is 2.77 bits per heavy atom. The highest BCUT2D eigenvalue weighted by Crippen LogP contribution is 2.58. The van der Waals surface area contributed by atoms with Crippen LogP contribution in [-0.2, 0) is 9.59 Å². The van der Waals surface area contributed by atoms with Crippen molar-refractivity contribution in [3.05, 3.63) is 74.5 Å². The summed E-state index contributed by atoms with van der Waals surface area (Å²) in [7, 11) is 0. The number of aromatic nitrogens is 1. The van der Waals surface area contributed by atoms with Gasteiger partial charge in [0.25, 0.3) is 0 Å². The van der Waals surface area contributed by atoms with Crippen molar-refractivity contribution in [2.24, 2.45) is 5.41 Å². The number of benzene rings is 2. The minimum absolute atomic E-state index is 0.124. The van der Waals surface area contributed by atoms with Gasteiger partial charge < -0.3 is 15.0 Å². The summed E-state index contributed by atoms with van der Waals surface area (Å²) in [6.07, 6.45) is -0.124. The SMILES string of the molecule is O=C(C[C@@]12CSc3[nH]c(=O)sc3[C@H]1c1ccccc1OC2=O)Nc1ccc(F)cc1. The van der Waals surface area contributed by atoms with E-state index in [1.807, 2.05) is 12.1 Å². The Morgan fingerprint density at radius 1 is 1.20 bits per heavy atom. The number of rotatable bonds is 3. The molecule has 1 aromatic heterocycles.